The third-order valence-electron chi connectivity index (χ3n) is 8.03. The van der Waals surface area contributed by atoms with Gasteiger partial charge in [0, 0.05) is 5.56 Å². The Morgan fingerprint density at radius 1 is 0.882 bits per heavy atom. The topological polar surface area (TPSA) is 147 Å². The maximum absolute atomic E-state index is 13.9. The summed E-state index contributed by atoms with van der Waals surface area (Å²) >= 11 is 0. The Labute approximate surface area is 296 Å². The molecular weight excluding hydrogens is 673 g/mol. The number of fused-ring (bicyclic) bond motifs is 1. The van der Waals surface area contributed by atoms with E-state index in [-0.39, 0.29) is 52.2 Å². The van der Waals surface area contributed by atoms with E-state index in [0.717, 1.165) is 11.1 Å². The molecule has 2 N–H and O–H groups in total. The first-order valence-corrected chi connectivity index (χ1v) is 17.6. The Morgan fingerprint density at radius 3 is 2.27 bits per heavy atom. The standard InChI is InChI=1S/C38H38N4O8S/c1-24(25-11-7-6-8-12-25)39-33(43)22-47-37-34(50-31-14-10-9-13-29(31)46-5)36(40-35(41-37)26-15-20-30-32(21-26)49-23-48-30)42-51(44,45)28-18-16-27(17-19-28)38(2,3)4/h6-21,24H,22-23H2,1-5H3,(H,39,43)(H,40,41,42). The number of amides is 1. The number of hydrogen-bond acceptors (Lipinski definition) is 10. The van der Waals surface area contributed by atoms with Crippen LogP contribution >= 0.6 is 0 Å². The molecule has 1 aliphatic heterocycles. The van der Waals surface area contributed by atoms with Crippen molar-refractivity contribution in [2.45, 2.75) is 44.0 Å². The average molecular weight is 711 g/mol. The molecule has 13 heteroatoms. The number of sulfonamides is 1. The first kappa shape index (κ1) is 35.0. The smallest absolute Gasteiger partial charge is 0.264 e. The molecule has 51 heavy (non-hydrogen) atoms. The van der Waals surface area contributed by atoms with Crippen molar-refractivity contribution in [3.8, 4) is 46.0 Å². The zero-order chi connectivity index (χ0) is 36.2. The quantitative estimate of drug-likeness (QED) is 0.138. The van der Waals surface area contributed by atoms with Crippen LogP contribution in [0.4, 0.5) is 5.82 Å². The molecule has 12 nitrogen and oxygen atoms in total. The van der Waals surface area contributed by atoms with Gasteiger partial charge < -0.3 is 29.0 Å². The number of para-hydroxylation sites is 2. The van der Waals surface area contributed by atoms with Crippen LogP contribution in [0.1, 0.15) is 44.9 Å². The zero-order valence-corrected chi connectivity index (χ0v) is 29.6. The average Bonchev–Trinajstić information content (AvgIpc) is 3.60. The second-order valence-corrected chi connectivity index (χ2v) is 14.4. The minimum atomic E-state index is -4.24. The maximum Gasteiger partial charge on any atom is 0.264 e. The maximum atomic E-state index is 13.9. The number of methoxy groups -OCH3 is 1. The normalized spacial score (nSPS) is 12.9. The van der Waals surface area contributed by atoms with Crippen LogP contribution in [0.15, 0.2) is 102 Å². The number of carbonyl (C=O) groups is 1. The van der Waals surface area contributed by atoms with Crippen LogP contribution in [0.25, 0.3) is 11.4 Å². The van der Waals surface area contributed by atoms with Crippen molar-refractivity contribution >= 4 is 21.7 Å². The van der Waals surface area contributed by atoms with E-state index < -0.39 is 22.5 Å². The first-order valence-electron chi connectivity index (χ1n) is 16.1. The van der Waals surface area contributed by atoms with Crippen molar-refractivity contribution < 1.29 is 36.9 Å². The highest BCUT2D eigenvalue weighted by Gasteiger charge is 2.27. The number of nitrogens with one attached hydrogen (secondary N) is 2. The van der Waals surface area contributed by atoms with Gasteiger partial charge in [-0.15, -0.1) is 0 Å². The van der Waals surface area contributed by atoms with Crippen LogP contribution in [-0.2, 0) is 20.2 Å². The van der Waals surface area contributed by atoms with Crippen molar-refractivity contribution in [2.75, 3.05) is 25.2 Å². The lowest BCUT2D eigenvalue weighted by molar-refractivity contribution is -0.123. The predicted octanol–water partition coefficient (Wildman–Crippen LogP) is 7.03. The molecule has 1 aromatic heterocycles. The van der Waals surface area contributed by atoms with Crippen LogP contribution in [0, 0.1) is 0 Å². The largest absolute Gasteiger partial charge is 0.493 e. The Morgan fingerprint density at radius 2 is 1.57 bits per heavy atom. The van der Waals surface area contributed by atoms with Gasteiger partial charge in [-0.2, -0.15) is 4.98 Å². The highest BCUT2D eigenvalue weighted by atomic mass is 32.2. The summed E-state index contributed by atoms with van der Waals surface area (Å²) in [6.07, 6.45) is 0. The molecule has 1 unspecified atom stereocenters. The van der Waals surface area contributed by atoms with Crippen molar-refractivity contribution in [3.05, 3.63) is 108 Å². The van der Waals surface area contributed by atoms with Gasteiger partial charge in [-0.1, -0.05) is 75.4 Å². The number of hydrogen-bond donors (Lipinski definition) is 2. The molecule has 1 amide bonds. The third kappa shape index (κ3) is 8.15. The van der Waals surface area contributed by atoms with E-state index in [2.05, 4.69) is 20.0 Å². The fraction of sp³-hybridized carbons (Fsp3) is 0.237. The zero-order valence-electron chi connectivity index (χ0n) is 28.8. The van der Waals surface area contributed by atoms with Gasteiger partial charge in [-0.3, -0.25) is 9.52 Å². The lowest BCUT2D eigenvalue weighted by atomic mass is 9.87. The summed E-state index contributed by atoms with van der Waals surface area (Å²) in [6.45, 7) is 7.55. The summed E-state index contributed by atoms with van der Waals surface area (Å²) in [4.78, 5) is 22.4. The third-order valence-corrected chi connectivity index (χ3v) is 9.38. The number of rotatable bonds is 12. The van der Waals surface area contributed by atoms with Crippen LogP contribution < -0.4 is 33.7 Å². The van der Waals surface area contributed by atoms with Gasteiger partial charge >= 0.3 is 0 Å². The molecule has 4 aromatic carbocycles. The number of benzene rings is 4. The SMILES string of the molecule is COc1ccccc1Oc1c(NS(=O)(=O)c2ccc(C(C)(C)C)cc2)nc(-c2ccc3c(c2)OCO3)nc1OCC(=O)NC(C)c1ccccc1. The summed E-state index contributed by atoms with van der Waals surface area (Å²) in [6, 6.07) is 27.6. The van der Waals surface area contributed by atoms with Crippen molar-refractivity contribution in [2.24, 2.45) is 0 Å². The molecule has 1 atom stereocenters. The van der Waals surface area contributed by atoms with E-state index in [0.29, 0.717) is 22.8 Å². The number of ether oxygens (including phenoxy) is 5. The molecule has 264 valence electrons. The summed E-state index contributed by atoms with van der Waals surface area (Å²) in [5.74, 6) is 0.559. The van der Waals surface area contributed by atoms with Gasteiger partial charge in [-0.25, -0.2) is 13.4 Å². The van der Waals surface area contributed by atoms with Crippen LogP contribution in [0.5, 0.6) is 34.6 Å². The Bertz CT molecular complexity index is 2140. The number of nitrogens with zero attached hydrogens (tertiary/aromatic N) is 2. The van der Waals surface area contributed by atoms with Crippen molar-refractivity contribution in [3.63, 3.8) is 0 Å². The summed E-state index contributed by atoms with van der Waals surface area (Å²) in [5, 5.41) is 2.91. The fourth-order valence-electron chi connectivity index (χ4n) is 5.23. The molecule has 0 spiro atoms. The second-order valence-electron chi connectivity index (χ2n) is 12.7. The van der Waals surface area contributed by atoms with Crippen molar-refractivity contribution in [1.82, 2.24) is 15.3 Å². The first-order chi connectivity index (χ1) is 24.4. The lowest BCUT2D eigenvalue weighted by Gasteiger charge is -2.20. The van der Waals surface area contributed by atoms with Gasteiger partial charge in [0.25, 0.3) is 21.8 Å². The highest BCUT2D eigenvalue weighted by molar-refractivity contribution is 7.92. The van der Waals surface area contributed by atoms with Gasteiger partial charge in [0.15, 0.2) is 41.2 Å². The van der Waals surface area contributed by atoms with Crippen LogP contribution in [-0.4, -0.2) is 44.8 Å². The lowest BCUT2D eigenvalue weighted by Crippen LogP contribution is -2.31. The van der Waals surface area contributed by atoms with Crippen LogP contribution in [0.3, 0.4) is 0 Å². The van der Waals surface area contributed by atoms with E-state index in [9.17, 15) is 13.2 Å². The van der Waals surface area contributed by atoms with Crippen molar-refractivity contribution in [1.29, 1.82) is 0 Å². The molecular formula is C38H38N4O8S. The van der Waals surface area contributed by atoms with E-state index >= 15 is 0 Å². The number of carbonyl (C=O) groups excluding carboxylic acids is 1. The molecule has 0 bridgehead atoms. The molecule has 0 fully saturated rings. The van der Waals surface area contributed by atoms with E-state index in [1.807, 2.05) is 58.0 Å². The van der Waals surface area contributed by atoms with E-state index in [4.69, 9.17) is 23.7 Å². The molecule has 1 aliphatic rings. The minimum Gasteiger partial charge on any atom is -0.493 e. The second kappa shape index (κ2) is 14.6. The molecule has 0 saturated heterocycles. The minimum absolute atomic E-state index is 0.00118. The Balaban J connectivity index is 1.43. The molecule has 0 aliphatic carbocycles. The van der Waals surface area contributed by atoms with Gasteiger partial charge in [0.2, 0.25) is 12.5 Å². The van der Waals surface area contributed by atoms with E-state index in [1.165, 1.54) is 19.2 Å². The molecule has 6 rings (SSSR count). The Kier molecular flexibility index (Phi) is 10.0. The highest BCUT2D eigenvalue weighted by Crippen LogP contribution is 2.43. The molecule has 0 saturated carbocycles. The molecule has 0 radical (unpaired) electrons. The van der Waals surface area contributed by atoms with Gasteiger partial charge in [-0.05, 0) is 65.9 Å². The summed E-state index contributed by atoms with van der Waals surface area (Å²) < 4.78 is 59.3. The molecule has 5 aromatic rings. The fourth-order valence-corrected chi connectivity index (χ4v) is 6.23. The monoisotopic (exact) mass is 710 g/mol. The van der Waals surface area contributed by atoms with Crippen LogP contribution in [0.2, 0.25) is 0 Å². The number of anilines is 1. The van der Waals surface area contributed by atoms with E-state index in [1.54, 1.807) is 54.6 Å². The summed E-state index contributed by atoms with van der Waals surface area (Å²) in [5.41, 5.74) is 2.15. The van der Waals surface area contributed by atoms with Gasteiger partial charge in [0.1, 0.15) is 0 Å². The number of aromatic nitrogens is 2. The summed E-state index contributed by atoms with van der Waals surface area (Å²) in [7, 11) is -2.77. The molecule has 2 heterocycles. The Hall–Kier alpha value is -5.82. The van der Waals surface area contributed by atoms with Gasteiger partial charge in [0.05, 0.1) is 18.0 Å². The predicted molar refractivity (Wildman–Crippen MR) is 191 cm³/mol.